The molecule has 0 radical (unpaired) electrons. The Morgan fingerprint density at radius 3 is 2.81 bits per heavy atom. The molecule has 0 aliphatic carbocycles. The monoisotopic (exact) mass is 435 g/mol. The number of hydrogen-bond acceptors (Lipinski definition) is 7. The van der Waals surface area contributed by atoms with Gasteiger partial charge in [0.1, 0.15) is 23.1 Å². The van der Waals surface area contributed by atoms with E-state index in [0.29, 0.717) is 29.9 Å². The van der Waals surface area contributed by atoms with E-state index in [1.54, 1.807) is 19.3 Å². The van der Waals surface area contributed by atoms with Gasteiger partial charge in [-0.25, -0.2) is 4.98 Å². The molecule has 31 heavy (non-hydrogen) atoms. The first-order valence-electron chi connectivity index (χ1n) is 9.57. The molecule has 0 spiro atoms. The number of aromatic nitrogens is 5. The summed E-state index contributed by atoms with van der Waals surface area (Å²) in [6.45, 7) is 3.98. The number of hydrogen-bond donors (Lipinski definition) is 1. The Morgan fingerprint density at radius 2 is 2.16 bits per heavy atom. The van der Waals surface area contributed by atoms with Gasteiger partial charge < -0.3 is 19.4 Å². The first-order valence-corrected chi connectivity index (χ1v) is 9.57. The molecule has 1 aliphatic heterocycles. The Labute approximate surface area is 175 Å². The molecule has 0 aromatic carbocycles. The fourth-order valence-electron chi connectivity index (χ4n) is 3.46. The Bertz CT molecular complexity index is 1150. The number of nitriles is 1. The molecule has 3 aromatic rings. The van der Waals surface area contributed by atoms with Crippen LogP contribution in [0, 0.1) is 17.2 Å². The van der Waals surface area contributed by atoms with Gasteiger partial charge >= 0.3 is 6.18 Å². The molecule has 0 unspecified atom stereocenters. The van der Waals surface area contributed by atoms with E-state index in [4.69, 9.17) is 9.47 Å². The predicted octanol–water partition coefficient (Wildman–Crippen LogP) is 3.32. The Morgan fingerprint density at radius 1 is 1.39 bits per heavy atom. The topological polar surface area (TPSA) is 103 Å². The lowest BCUT2D eigenvalue weighted by Crippen LogP contribution is -2.31. The van der Waals surface area contributed by atoms with Crippen molar-refractivity contribution in [1.29, 1.82) is 5.26 Å². The van der Waals surface area contributed by atoms with Crippen LogP contribution in [-0.2, 0) is 11.8 Å². The highest BCUT2D eigenvalue weighted by Gasteiger charge is 2.39. The van der Waals surface area contributed by atoms with Crippen LogP contribution in [0.15, 0.2) is 18.5 Å². The number of alkyl halides is 3. The van der Waals surface area contributed by atoms with Crippen molar-refractivity contribution in [3.63, 3.8) is 0 Å². The van der Waals surface area contributed by atoms with Crippen LogP contribution in [0.2, 0.25) is 0 Å². The molecule has 0 bridgehead atoms. The third-order valence-corrected chi connectivity index (χ3v) is 5.14. The van der Waals surface area contributed by atoms with Crippen LogP contribution in [0.25, 0.3) is 11.0 Å². The predicted molar refractivity (Wildman–Crippen MR) is 104 cm³/mol. The summed E-state index contributed by atoms with van der Waals surface area (Å²) in [6.07, 6.45) is -3.54. The van der Waals surface area contributed by atoms with E-state index in [2.05, 4.69) is 26.5 Å². The van der Waals surface area contributed by atoms with Crippen LogP contribution in [-0.4, -0.2) is 49.8 Å². The molecule has 164 valence electrons. The van der Waals surface area contributed by atoms with Crippen LogP contribution in [0.3, 0.4) is 0 Å². The molecule has 3 aromatic heterocycles. The van der Waals surface area contributed by atoms with Crippen molar-refractivity contribution < 1.29 is 22.6 Å². The van der Waals surface area contributed by atoms with Crippen LogP contribution in [0.1, 0.15) is 25.6 Å². The summed E-state index contributed by atoms with van der Waals surface area (Å²) in [6, 6.07) is 3.83. The standard InChI is InChI=1S/C19H20F3N7O2/c1-10-8-30-9-15(10)29-13(5-23)4-12-6-24-18(26-16(12)29)25-14-7-28(3)27-17(14)31-11(2)19(20,21)22/h4,6-7,10-11,15H,8-9H2,1-3H3,(H,24,25,26)/t10-,11+,15-/m0/s1. The van der Waals surface area contributed by atoms with Crippen molar-refractivity contribution in [1.82, 2.24) is 24.3 Å². The summed E-state index contributed by atoms with van der Waals surface area (Å²) in [4.78, 5) is 8.74. The smallest absolute Gasteiger partial charge is 0.425 e. The molecule has 1 fully saturated rings. The average Bonchev–Trinajstić information content (AvgIpc) is 3.37. The summed E-state index contributed by atoms with van der Waals surface area (Å²) >= 11 is 0. The number of anilines is 2. The molecule has 1 saturated heterocycles. The number of halogens is 3. The fourth-order valence-corrected chi connectivity index (χ4v) is 3.46. The molecule has 4 rings (SSSR count). The maximum atomic E-state index is 12.9. The molecule has 12 heteroatoms. The van der Waals surface area contributed by atoms with Crippen molar-refractivity contribution in [3.05, 3.63) is 24.2 Å². The van der Waals surface area contributed by atoms with E-state index in [1.165, 1.54) is 10.9 Å². The summed E-state index contributed by atoms with van der Waals surface area (Å²) in [5.74, 6) is 0.110. The highest BCUT2D eigenvalue weighted by atomic mass is 19.4. The van der Waals surface area contributed by atoms with Crippen LogP contribution < -0.4 is 10.1 Å². The molecule has 0 amide bonds. The highest BCUT2D eigenvalue weighted by Crippen LogP contribution is 2.33. The minimum atomic E-state index is -4.53. The van der Waals surface area contributed by atoms with E-state index >= 15 is 0 Å². The number of rotatable bonds is 5. The second kappa shape index (κ2) is 7.73. The van der Waals surface area contributed by atoms with Gasteiger partial charge in [0, 0.05) is 24.5 Å². The van der Waals surface area contributed by atoms with Gasteiger partial charge in [-0.1, -0.05) is 6.92 Å². The second-order valence-electron chi connectivity index (χ2n) is 7.51. The largest absolute Gasteiger partial charge is 0.462 e. The van der Waals surface area contributed by atoms with Crippen LogP contribution >= 0.6 is 0 Å². The minimum Gasteiger partial charge on any atom is -0.462 e. The summed E-state index contributed by atoms with van der Waals surface area (Å²) < 4.78 is 52.4. The molecule has 3 atom stereocenters. The zero-order valence-corrected chi connectivity index (χ0v) is 17.0. The maximum Gasteiger partial charge on any atom is 0.425 e. The van der Waals surface area contributed by atoms with Crippen molar-refractivity contribution >= 4 is 22.7 Å². The van der Waals surface area contributed by atoms with Crippen LogP contribution in [0.5, 0.6) is 5.88 Å². The normalized spacial score (nSPS) is 20.0. The van der Waals surface area contributed by atoms with E-state index < -0.39 is 12.3 Å². The van der Waals surface area contributed by atoms with E-state index in [9.17, 15) is 18.4 Å². The molecule has 1 N–H and O–H groups in total. The van der Waals surface area contributed by atoms with Gasteiger partial charge in [-0.2, -0.15) is 23.4 Å². The number of aryl methyl sites for hydroxylation is 1. The van der Waals surface area contributed by atoms with Gasteiger partial charge in [0.15, 0.2) is 6.10 Å². The SMILES string of the molecule is C[C@H]1COC[C@@H]1n1c(C#N)cc2cnc(Nc3cn(C)nc3O[C@H](C)C(F)(F)F)nc21. The van der Waals surface area contributed by atoms with Gasteiger partial charge in [-0.3, -0.25) is 4.68 Å². The first kappa shape index (κ1) is 20.9. The van der Waals surface area contributed by atoms with Gasteiger partial charge in [-0.05, 0) is 13.0 Å². The van der Waals surface area contributed by atoms with Crippen molar-refractivity contribution in [2.45, 2.75) is 32.2 Å². The first-order chi connectivity index (χ1) is 14.7. The number of ether oxygens (including phenoxy) is 2. The van der Waals surface area contributed by atoms with Gasteiger partial charge in [0.25, 0.3) is 5.88 Å². The molecule has 1 aliphatic rings. The third-order valence-electron chi connectivity index (χ3n) is 5.14. The average molecular weight is 435 g/mol. The maximum absolute atomic E-state index is 12.9. The van der Waals surface area contributed by atoms with Crippen LogP contribution in [0.4, 0.5) is 24.8 Å². The zero-order valence-electron chi connectivity index (χ0n) is 17.0. The lowest BCUT2D eigenvalue weighted by molar-refractivity contribution is -0.189. The van der Waals surface area contributed by atoms with Gasteiger partial charge in [-0.15, -0.1) is 5.10 Å². The summed E-state index contributed by atoms with van der Waals surface area (Å²) in [5, 5.41) is 17.1. The summed E-state index contributed by atoms with van der Waals surface area (Å²) in [7, 11) is 1.56. The Balaban J connectivity index is 1.68. The fraction of sp³-hybridized carbons (Fsp3) is 0.474. The minimum absolute atomic E-state index is 0.0557. The second-order valence-corrected chi connectivity index (χ2v) is 7.51. The van der Waals surface area contributed by atoms with E-state index in [-0.39, 0.29) is 29.5 Å². The van der Waals surface area contributed by atoms with Crippen molar-refractivity contribution in [3.8, 4) is 11.9 Å². The molecule has 4 heterocycles. The van der Waals surface area contributed by atoms with Crippen molar-refractivity contribution in [2.24, 2.45) is 13.0 Å². The van der Waals surface area contributed by atoms with Crippen molar-refractivity contribution in [2.75, 3.05) is 18.5 Å². The Hall–Kier alpha value is -3.33. The highest BCUT2D eigenvalue weighted by molar-refractivity contribution is 5.79. The number of nitrogens with one attached hydrogen (secondary N) is 1. The Kier molecular flexibility index (Phi) is 5.22. The lowest BCUT2D eigenvalue weighted by atomic mass is 10.1. The summed E-state index contributed by atoms with van der Waals surface area (Å²) in [5.41, 5.74) is 1.16. The molecular formula is C19H20F3N7O2. The molecule has 9 nitrogen and oxygen atoms in total. The number of fused-ring (bicyclic) bond motifs is 1. The lowest BCUT2D eigenvalue weighted by Gasteiger charge is -2.18. The van der Waals surface area contributed by atoms with E-state index in [0.717, 1.165) is 6.92 Å². The molecule has 0 saturated carbocycles. The number of nitrogens with zero attached hydrogens (tertiary/aromatic N) is 6. The zero-order chi connectivity index (χ0) is 22.3. The van der Waals surface area contributed by atoms with E-state index in [1.807, 2.05) is 11.5 Å². The quantitative estimate of drug-likeness (QED) is 0.656. The molecular weight excluding hydrogens is 415 g/mol. The van der Waals surface area contributed by atoms with Gasteiger partial charge in [0.2, 0.25) is 5.95 Å². The van der Waals surface area contributed by atoms with Gasteiger partial charge in [0.05, 0.1) is 25.5 Å². The third kappa shape index (κ3) is 4.00.